The number of pyridine rings is 1. The summed E-state index contributed by atoms with van der Waals surface area (Å²) in [5, 5.41) is 3.66. The van der Waals surface area contributed by atoms with E-state index in [0.717, 1.165) is 53.7 Å². The molecule has 1 saturated heterocycles. The third kappa shape index (κ3) is 4.19. The lowest BCUT2D eigenvalue weighted by atomic mass is 10.0. The van der Waals surface area contributed by atoms with Crippen LogP contribution in [0.25, 0.3) is 22.2 Å². The van der Waals surface area contributed by atoms with Gasteiger partial charge in [0.2, 0.25) is 5.91 Å². The van der Waals surface area contributed by atoms with Gasteiger partial charge in [0.1, 0.15) is 23.6 Å². The third-order valence-corrected chi connectivity index (χ3v) is 7.86. The van der Waals surface area contributed by atoms with Crippen molar-refractivity contribution < 1.29 is 9.59 Å². The molecule has 4 heterocycles. The second-order valence-electron chi connectivity index (χ2n) is 10.3. The van der Waals surface area contributed by atoms with Crippen LogP contribution in [0.2, 0.25) is 0 Å². The topological polar surface area (TPSA) is 119 Å². The number of benzene rings is 1. The van der Waals surface area contributed by atoms with Gasteiger partial charge in [0, 0.05) is 42.7 Å². The Bertz CT molecular complexity index is 1550. The number of rotatable bonds is 5. The molecule has 2 amide bonds. The Labute approximate surface area is 220 Å². The van der Waals surface area contributed by atoms with E-state index in [1.807, 2.05) is 36.1 Å². The number of hydrogen-bond donors (Lipinski definition) is 2. The van der Waals surface area contributed by atoms with E-state index in [0.29, 0.717) is 29.0 Å². The van der Waals surface area contributed by atoms with Crippen molar-refractivity contribution >= 4 is 34.5 Å². The molecule has 6 rings (SSSR count). The lowest BCUT2D eigenvalue weighted by molar-refractivity contribution is -0.125. The number of carbonyl (C=O) groups excluding carboxylic acids is 2. The van der Waals surface area contributed by atoms with Gasteiger partial charge in [-0.15, -0.1) is 0 Å². The zero-order valence-corrected chi connectivity index (χ0v) is 21.2. The van der Waals surface area contributed by atoms with E-state index in [9.17, 15) is 9.59 Å². The lowest BCUT2D eigenvalue weighted by Crippen LogP contribution is -2.28. The Balaban J connectivity index is 1.27. The van der Waals surface area contributed by atoms with E-state index in [1.165, 1.54) is 12.4 Å². The average Bonchev–Trinajstić information content (AvgIpc) is 3.60. The number of fused-ring (bicyclic) bond motifs is 2. The molecule has 2 unspecified atom stereocenters. The molecule has 1 aromatic carbocycles. The standard InChI is InChI=1S/C29H29N7O2/c1-3-25(37)35-13-20-11-22(12-21(20)14-35)36-15-23(26-27(30)32-16-33-28(26)36)18-4-6-19(7-5-18)29(38)34-24-10-17(2)8-9-31-24/h3-10,15-16,20-22H,1,11-14H2,2H3,(H2,30,32,33)(H,31,34,38). The normalized spacial score (nSPS) is 20.4. The number of nitrogen functional groups attached to an aromatic ring is 1. The van der Waals surface area contributed by atoms with Crippen LogP contribution in [0, 0.1) is 18.8 Å². The van der Waals surface area contributed by atoms with Crippen molar-refractivity contribution in [2.24, 2.45) is 11.8 Å². The highest BCUT2D eigenvalue weighted by Crippen LogP contribution is 2.46. The van der Waals surface area contributed by atoms with Crippen LogP contribution in [-0.4, -0.2) is 49.3 Å². The van der Waals surface area contributed by atoms with Gasteiger partial charge in [-0.3, -0.25) is 9.59 Å². The maximum absolute atomic E-state index is 12.8. The average molecular weight is 508 g/mol. The molecule has 1 aliphatic heterocycles. The second-order valence-corrected chi connectivity index (χ2v) is 10.3. The molecule has 9 nitrogen and oxygen atoms in total. The van der Waals surface area contributed by atoms with Gasteiger partial charge in [-0.05, 0) is 73.1 Å². The predicted octanol–water partition coefficient (Wildman–Crippen LogP) is 4.23. The maximum atomic E-state index is 12.8. The van der Waals surface area contributed by atoms with Gasteiger partial charge in [0.05, 0.1) is 5.39 Å². The molecule has 4 aromatic rings. The maximum Gasteiger partial charge on any atom is 0.256 e. The lowest BCUT2D eigenvalue weighted by Gasteiger charge is -2.19. The molecule has 3 N–H and O–H groups in total. The number of anilines is 2. The fraction of sp³-hybridized carbons (Fsp3) is 0.276. The van der Waals surface area contributed by atoms with Gasteiger partial charge >= 0.3 is 0 Å². The summed E-state index contributed by atoms with van der Waals surface area (Å²) in [6.45, 7) is 7.13. The van der Waals surface area contributed by atoms with E-state index in [1.54, 1.807) is 18.3 Å². The van der Waals surface area contributed by atoms with Crippen LogP contribution >= 0.6 is 0 Å². The molecule has 38 heavy (non-hydrogen) atoms. The minimum atomic E-state index is -0.221. The number of likely N-dealkylation sites (tertiary alicyclic amines) is 1. The number of aromatic nitrogens is 4. The van der Waals surface area contributed by atoms with Crippen LogP contribution in [0.5, 0.6) is 0 Å². The van der Waals surface area contributed by atoms with E-state index in [4.69, 9.17) is 5.73 Å². The molecule has 2 atom stereocenters. The first kappa shape index (κ1) is 23.8. The molecule has 192 valence electrons. The zero-order valence-electron chi connectivity index (χ0n) is 21.2. The molecule has 0 radical (unpaired) electrons. The Morgan fingerprint density at radius 2 is 1.82 bits per heavy atom. The smallest absolute Gasteiger partial charge is 0.256 e. The first-order chi connectivity index (χ1) is 18.4. The van der Waals surface area contributed by atoms with Crippen LogP contribution in [-0.2, 0) is 4.79 Å². The van der Waals surface area contributed by atoms with Gasteiger partial charge in [0.25, 0.3) is 5.91 Å². The summed E-state index contributed by atoms with van der Waals surface area (Å²) in [5.41, 5.74) is 10.6. The second kappa shape index (κ2) is 9.41. The number of carbonyl (C=O) groups is 2. The molecule has 0 spiro atoms. The molecule has 1 saturated carbocycles. The molecule has 2 aliphatic rings. The third-order valence-electron chi connectivity index (χ3n) is 7.86. The predicted molar refractivity (Wildman–Crippen MR) is 146 cm³/mol. The highest BCUT2D eigenvalue weighted by atomic mass is 16.2. The van der Waals surface area contributed by atoms with Crippen molar-refractivity contribution in [2.75, 3.05) is 24.1 Å². The van der Waals surface area contributed by atoms with Crippen molar-refractivity contribution in [3.05, 3.63) is 78.9 Å². The highest BCUT2D eigenvalue weighted by molar-refractivity contribution is 6.05. The Kier molecular flexibility index (Phi) is 5.90. The first-order valence-corrected chi connectivity index (χ1v) is 12.8. The van der Waals surface area contributed by atoms with Gasteiger partial charge in [-0.1, -0.05) is 18.7 Å². The van der Waals surface area contributed by atoms with E-state index < -0.39 is 0 Å². The summed E-state index contributed by atoms with van der Waals surface area (Å²) < 4.78 is 2.23. The minimum Gasteiger partial charge on any atom is -0.383 e. The van der Waals surface area contributed by atoms with Crippen LogP contribution in [0.1, 0.15) is 34.8 Å². The van der Waals surface area contributed by atoms with Crippen molar-refractivity contribution in [1.29, 1.82) is 0 Å². The van der Waals surface area contributed by atoms with Gasteiger partial charge in [-0.25, -0.2) is 15.0 Å². The molecular weight excluding hydrogens is 478 g/mol. The Morgan fingerprint density at radius 3 is 2.50 bits per heavy atom. The van der Waals surface area contributed by atoms with Crippen LogP contribution in [0.15, 0.2) is 67.8 Å². The zero-order chi connectivity index (χ0) is 26.4. The number of nitrogens with zero attached hydrogens (tertiary/aromatic N) is 5. The fourth-order valence-corrected chi connectivity index (χ4v) is 6.00. The van der Waals surface area contributed by atoms with Crippen molar-refractivity contribution in [3.8, 4) is 11.1 Å². The number of nitrogens with one attached hydrogen (secondary N) is 1. The van der Waals surface area contributed by atoms with E-state index in [2.05, 4.69) is 37.6 Å². The molecule has 3 aromatic heterocycles. The fourth-order valence-electron chi connectivity index (χ4n) is 6.00. The van der Waals surface area contributed by atoms with Gasteiger partial charge in [-0.2, -0.15) is 0 Å². The van der Waals surface area contributed by atoms with Crippen LogP contribution < -0.4 is 11.1 Å². The number of nitrogens with two attached hydrogens (primary N) is 1. The van der Waals surface area contributed by atoms with Gasteiger partial charge in [0.15, 0.2) is 0 Å². The quantitative estimate of drug-likeness (QED) is 0.390. The number of hydrogen-bond acceptors (Lipinski definition) is 6. The van der Waals surface area contributed by atoms with Crippen LogP contribution in [0.3, 0.4) is 0 Å². The number of aryl methyl sites for hydroxylation is 1. The summed E-state index contributed by atoms with van der Waals surface area (Å²) in [5.74, 6) is 1.66. The largest absolute Gasteiger partial charge is 0.383 e. The highest BCUT2D eigenvalue weighted by Gasteiger charge is 2.43. The molecule has 2 fully saturated rings. The van der Waals surface area contributed by atoms with E-state index in [-0.39, 0.29) is 17.9 Å². The monoisotopic (exact) mass is 507 g/mol. The minimum absolute atomic E-state index is 0.0115. The molecule has 0 bridgehead atoms. The summed E-state index contributed by atoms with van der Waals surface area (Å²) in [7, 11) is 0. The van der Waals surface area contributed by atoms with Crippen LogP contribution in [0.4, 0.5) is 11.6 Å². The summed E-state index contributed by atoms with van der Waals surface area (Å²) in [4.78, 5) is 39.8. The molecular formula is C29H29N7O2. The summed E-state index contributed by atoms with van der Waals surface area (Å²) >= 11 is 0. The molecule has 1 aliphatic carbocycles. The summed E-state index contributed by atoms with van der Waals surface area (Å²) in [6, 6.07) is 11.4. The number of amides is 2. The summed E-state index contributed by atoms with van der Waals surface area (Å²) in [6.07, 6.45) is 8.64. The van der Waals surface area contributed by atoms with Crippen molar-refractivity contribution in [2.45, 2.75) is 25.8 Å². The Hall–Kier alpha value is -4.53. The van der Waals surface area contributed by atoms with E-state index >= 15 is 0 Å². The first-order valence-electron chi connectivity index (χ1n) is 12.8. The molecule has 9 heteroatoms. The van der Waals surface area contributed by atoms with Gasteiger partial charge < -0.3 is 20.5 Å². The Morgan fingerprint density at radius 1 is 1.08 bits per heavy atom. The van der Waals surface area contributed by atoms with Crippen molar-refractivity contribution in [3.63, 3.8) is 0 Å². The SMILES string of the molecule is C=CC(=O)N1CC2CC(n3cc(-c4ccc(C(=O)Nc5cc(C)ccn5)cc4)c4c(N)ncnc43)CC2C1. The van der Waals surface area contributed by atoms with Crippen molar-refractivity contribution in [1.82, 2.24) is 24.4 Å².